The summed E-state index contributed by atoms with van der Waals surface area (Å²) in [6.07, 6.45) is 1.95. The molecule has 3 heteroatoms. The number of halogens is 1. The number of Topliss-reactive ketones (excluding diaryl/α,β-unsaturated/α-hetero) is 1. The van der Waals surface area contributed by atoms with Gasteiger partial charge in [-0.2, -0.15) is 4.57 Å². The lowest BCUT2D eigenvalue weighted by Gasteiger charge is -2.06. The molecule has 3 aromatic rings. The van der Waals surface area contributed by atoms with Gasteiger partial charge in [0.2, 0.25) is 5.78 Å². The van der Waals surface area contributed by atoms with Crippen molar-refractivity contribution in [3.8, 4) is 0 Å². The van der Waals surface area contributed by atoms with Crippen molar-refractivity contribution in [3.05, 3.63) is 78.1 Å². The SMILES string of the molecule is O=C(CCl)c1c2ccccc2cc[n+]1Cc1ccccc1. The number of alkyl halides is 1. The summed E-state index contributed by atoms with van der Waals surface area (Å²) >= 11 is 5.80. The van der Waals surface area contributed by atoms with Crippen LogP contribution in [0.25, 0.3) is 10.8 Å². The number of carbonyl (C=O) groups excluding carboxylic acids is 1. The van der Waals surface area contributed by atoms with Crippen molar-refractivity contribution in [2.45, 2.75) is 6.54 Å². The van der Waals surface area contributed by atoms with E-state index >= 15 is 0 Å². The van der Waals surface area contributed by atoms with Crippen LogP contribution in [0.4, 0.5) is 0 Å². The fourth-order valence-electron chi connectivity index (χ4n) is 2.54. The molecule has 0 fully saturated rings. The highest BCUT2D eigenvalue weighted by atomic mass is 35.5. The fourth-order valence-corrected chi connectivity index (χ4v) is 2.67. The topological polar surface area (TPSA) is 20.9 Å². The number of hydrogen-bond donors (Lipinski definition) is 0. The maximum atomic E-state index is 12.3. The first-order chi connectivity index (χ1) is 10.3. The Morgan fingerprint density at radius 3 is 2.43 bits per heavy atom. The van der Waals surface area contributed by atoms with Crippen LogP contribution in [0.5, 0.6) is 0 Å². The van der Waals surface area contributed by atoms with Gasteiger partial charge in [-0.1, -0.05) is 48.5 Å². The Balaban J connectivity index is 2.15. The van der Waals surface area contributed by atoms with Crippen molar-refractivity contribution in [1.82, 2.24) is 0 Å². The van der Waals surface area contributed by atoms with Crippen LogP contribution in [0.3, 0.4) is 0 Å². The van der Waals surface area contributed by atoms with Crippen LogP contribution in [-0.2, 0) is 6.54 Å². The zero-order chi connectivity index (χ0) is 14.7. The number of hydrogen-bond acceptors (Lipinski definition) is 1. The Bertz CT molecular complexity index is 784. The molecule has 0 radical (unpaired) electrons. The zero-order valence-corrected chi connectivity index (χ0v) is 12.3. The monoisotopic (exact) mass is 296 g/mol. The first-order valence-electron chi connectivity index (χ1n) is 6.84. The molecule has 0 aliphatic rings. The molecule has 3 rings (SSSR count). The van der Waals surface area contributed by atoms with E-state index in [2.05, 4.69) is 12.1 Å². The minimum Gasteiger partial charge on any atom is -0.286 e. The molecule has 21 heavy (non-hydrogen) atoms. The number of nitrogens with zero attached hydrogens (tertiary/aromatic N) is 1. The lowest BCUT2D eigenvalue weighted by molar-refractivity contribution is -0.688. The van der Waals surface area contributed by atoms with Gasteiger partial charge in [0, 0.05) is 11.6 Å². The molecule has 2 aromatic carbocycles. The molecule has 1 aromatic heterocycles. The molecule has 0 amide bonds. The molecule has 0 saturated carbocycles. The minimum atomic E-state index is -0.0515. The number of carbonyl (C=O) groups is 1. The summed E-state index contributed by atoms with van der Waals surface area (Å²) in [7, 11) is 0. The van der Waals surface area contributed by atoms with E-state index in [1.54, 1.807) is 0 Å². The molecule has 0 N–H and O–H groups in total. The number of ketones is 1. The summed E-state index contributed by atoms with van der Waals surface area (Å²) in [6, 6.07) is 20.0. The first-order valence-corrected chi connectivity index (χ1v) is 7.37. The first kappa shape index (κ1) is 13.8. The minimum absolute atomic E-state index is 0.0111. The lowest BCUT2D eigenvalue weighted by atomic mass is 10.1. The van der Waals surface area contributed by atoms with E-state index in [1.165, 1.54) is 0 Å². The average molecular weight is 297 g/mol. The predicted molar refractivity (Wildman–Crippen MR) is 84.7 cm³/mol. The highest BCUT2D eigenvalue weighted by molar-refractivity contribution is 6.31. The Kier molecular flexibility index (Phi) is 3.98. The number of fused-ring (bicyclic) bond motifs is 1. The lowest BCUT2D eigenvalue weighted by Crippen LogP contribution is -2.41. The van der Waals surface area contributed by atoms with Gasteiger partial charge >= 0.3 is 0 Å². The summed E-state index contributed by atoms with van der Waals surface area (Å²) < 4.78 is 1.97. The molecule has 0 aliphatic carbocycles. The largest absolute Gasteiger partial charge is 0.286 e. The Labute approximate surface area is 128 Å². The van der Waals surface area contributed by atoms with Crippen LogP contribution in [0.1, 0.15) is 16.1 Å². The number of rotatable bonds is 4. The maximum absolute atomic E-state index is 12.3. The van der Waals surface area contributed by atoms with Gasteiger partial charge in [0.05, 0.1) is 11.3 Å². The zero-order valence-electron chi connectivity index (χ0n) is 11.5. The molecule has 0 unspecified atom stereocenters. The summed E-state index contributed by atoms with van der Waals surface area (Å²) in [5, 5.41) is 2.00. The van der Waals surface area contributed by atoms with Crippen molar-refractivity contribution < 1.29 is 9.36 Å². The average Bonchev–Trinajstić information content (AvgIpc) is 2.55. The second kappa shape index (κ2) is 6.06. The van der Waals surface area contributed by atoms with Crippen LogP contribution in [0.15, 0.2) is 66.9 Å². The highest BCUT2D eigenvalue weighted by Gasteiger charge is 2.22. The van der Waals surface area contributed by atoms with Gasteiger partial charge in [-0.25, -0.2) is 0 Å². The van der Waals surface area contributed by atoms with Crippen LogP contribution >= 0.6 is 11.6 Å². The van der Waals surface area contributed by atoms with Gasteiger partial charge in [-0.15, -0.1) is 11.6 Å². The van der Waals surface area contributed by atoms with Gasteiger partial charge < -0.3 is 0 Å². The normalized spacial score (nSPS) is 10.7. The maximum Gasteiger partial charge on any atom is 0.258 e. The summed E-state index contributed by atoms with van der Waals surface area (Å²) in [4.78, 5) is 12.3. The molecule has 0 atom stereocenters. The van der Waals surface area contributed by atoms with E-state index in [0.29, 0.717) is 12.2 Å². The summed E-state index contributed by atoms with van der Waals surface area (Å²) in [5.41, 5.74) is 1.83. The fraction of sp³-hybridized carbons (Fsp3) is 0.111. The van der Waals surface area contributed by atoms with Crippen molar-refractivity contribution in [2.24, 2.45) is 0 Å². The van der Waals surface area contributed by atoms with Crippen LogP contribution in [0.2, 0.25) is 0 Å². The predicted octanol–water partition coefficient (Wildman–Crippen LogP) is 3.60. The van der Waals surface area contributed by atoms with Crippen molar-refractivity contribution in [2.75, 3.05) is 5.88 Å². The second-order valence-electron chi connectivity index (χ2n) is 4.92. The third-order valence-corrected chi connectivity index (χ3v) is 3.76. The standard InChI is InChI=1S/C18H15ClNO/c19-12-17(21)18-16-9-5-4-8-15(16)10-11-20(18)13-14-6-2-1-3-7-14/h1-11H,12-13H2/q+1. The molecule has 104 valence electrons. The van der Waals surface area contributed by atoms with E-state index in [1.807, 2.05) is 59.3 Å². The van der Waals surface area contributed by atoms with Gasteiger partial charge in [0.25, 0.3) is 5.69 Å². The molecular formula is C18H15ClNO+. The Morgan fingerprint density at radius 1 is 0.952 bits per heavy atom. The van der Waals surface area contributed by atoms with Crippen molar-refractivity contribution in [3.63, 3.8) is 0 Å². The molecule has 0 bridgehead atoms. The van der Waals surface area contributed by atoms with E-state index in [0.717, 1.165) is 16.3 Å². The number of benzene rings is 2. The Hall–Kier alpha value is -2.19. The van der Waals surface area contributed by atoms with Crippen LogP contribution in [-0.4, -0.2) is 11.7 Å². The van der Waals surface area contributed by atoms with E-state index in [-0.39, 0.29) is 11.7 Å². The Morgan fingerprint density at radius 2 is 1.67 bits per heavy atom. The molecule has 1 heterocycles. The molecule has 0 aliphatic heterocycles. The molecule has 0 saturated heterocycles. The molecule has 0 spiro atoms. The third-order valence-electron chi connectivity index (χ3n) is 3.52. The van der Waals surface area contributed by atoms with Crippen LogP contribution in [0, 0.1) is 0 Å². The van der Waals surface area contributed by atoms with E-state index in [9.17, 15) is 4.79 Å². The third kappa shape index (κ3) is 2.81. The van der Waals surface area contributed by atoms with Crippen LogP contribution < -0.4 is 4.57 Å². The summed E-state index contributed by atoms with van der Waals surface area (Å²) in [6.45, 7) is 0.656. The van der Waals surface area contributed by atoms with Gasteiger partial charge in [-0.05, 0) is 11.5 Å². The number of aromatic nitrogens is 1. The van der Waals surface area contributed by atoms with Crippen molar-refractivity contribution in [1.29, 1.82) is 0 Å². The summed E-state index contributed by atoms with van der Waals surface area (Å²) in [5.74, 6) is -0.0626. The van der Waals surface area contributed by atoms with E-state index < -0.39 is 0 Å². The van der Waals surface area contributed by atoms with Gasteiger partial charge in [0.15, 0.2) is 12.7 Å². The van der Waals surface area contributed by atoms with Gasteiger partial charge in [0.1, 0.15) is 0 Å². The highest BCUT2D eigenvalue weighted by Crippen LogP contribution is 2.16. The number of pyridine rings is 1. The van der Waals surface area contributed by atoms with Crippen molar-refractivity contribution >= 4 is 28.2 Å². The molecular weight excluding hydrogens is 282 g/mol. The van der Waals surface area contributed by atoms with E-state index in [4.69, 9.17) is 11.6 Å². The van der Waals surface area contributed by atoms with Gasteiger partial charge in [-0.3, -0.25) is 4.79 Å². The smallest absolute Gasteiger partial charge is 0.258 e. The quantitative estimate of drug-likeness (QED) is 0.409. The second-order valence-corrected chi connectivity index (χ2v) is 5.19. The molecule has 2 nitrogen and oxygen atoms in total.